The van der Waals surface area contributed by atoms with Crippen molar-refractivity contribution in [3.05, 3.63) is 34.9 Å². The standard InChI is InChI=1S/C16H24N2O.ClH/c1-12-5-6-14(13(2)10-12)7-9-18-16(19)15-4-3-8-17-11-15;/h5-6,10,15,17H,3-4,7-9,11H2,1-2H3,(H,18,19);1H. The first-order chi connectivity index (χ1) is 9.16. The normalized spacial score (nSPS) is 18.2. The van der Waals surface area contributed by atoms with Crippen molar-refractivity contribution in [1.29, 1.82) is 0 Å². The van der Waals surface area contributed by atoms with E-state index < -0.39 is 0 Å². The van der Waals surface area contributed by atoms with Gasteiger partial charge in [0.15, 0.2) is 0 Å². The minimum Gasteiger partial charge on any atom is -0.355 e. The highest BCUT2D eigenvalue weighted by Gasteiger charge is 2.20. The van der Waals surface area contributed by atoms with E-state index >= 15 is 0 Å². The van der Waals surface area contributed by atoms with E-state index in [9.17, 15) is 4.79 Å². The summed E-state index contributed by atoms with van der Waals surface area (Å²) in [4.78, 5) is 12.0. The molecule has 2 rings (SSSR count). The van der Waals surface area contributed by atoms with E-state index in [1.807, 2.05) is 0 Å². The highest BCUT2D eigenvalue weighted by Crippen LogP contribution is 2.12. The Labute approximate surface area is 127 Å². The minimum atomic E-state index is 0. The molecule has 20 heavy (non-hydrogen) atoms. The fraction of sp³-hybridized carbons (Fsp3) is 0.562. The van der Waals surface area contributed by atoms with Crippen molar-refractivity contribution in [1.82, 2.24) is 10.6 Å². The van der Waals surface area contributed by atoms with Gasteiger partial charge in [0.2, 0.25) is 5.91 Å². The summed E-state index contributed by atoms with van der Waals surface area (Å²) in [5, 5.41) is 6.34. The van der Waals surface area contributed by atoms with Crippen molar-refractivity contribution < 1.29 is 4.79 Å². The van der Waals surface area contributed by atoms with Crippen LogP contribution in [0.5, 0.6) is 0 Å². The number of amides is 1. The molecule has 1 aliphatic rings. The van der Waals surface area contributed by atoms with Crippen LogP contribution in [0.1, 0.15) is 29.5 Å². The minimum absolute atomic E-state index is 0. The number of nitrogens with one attached hydrogen (secondary N) is 2. The lowest BCUT2D eigenvalue weighted by atomic mass is 9.98. The molecule has 0 aliphatic carbocycles. The van der Waals surface area contributed by atoms with Gasteiger partial charge in [-0.3, -0.25) is 4.79 Å². The topological polar surface area (TPSA) is 41.1 Å². The smallest absolute Gasteiger partial charge is 0.224 e. The molecule has 1 fully saturated rings. The Morgan fingerprint density at radius 3 is 2.85 bits per heavy atom. The quantitative estimate of drug-likeness (QED) is 0.896. The number of hydrogen-bond acceptors (Lipinski definition) is 2. The van der Waals surface area contributed by atoms with Crippen LogP contribution in [-0.4, -0.2) is 25.5 Å². The van der Waals surface area contributed by atoms with Gasteiger partial charge in [0.05, 0.1) is 5.92 Å². The van der Waals surface area contributed by atoms with E-state index in [0.717, 1.165) is 38.9 Å². The number of hydrogen-bond donors (Lipinski definition) is 2. The summed E-state index contributed by atoms with van der Waals surface area (Å²) in [5.41, 5.74) is 3.93. The molecule has 0 radical (unpaired) electrons. The zero-order chi connectivity index (χ0) is 13.7. The Morgan fingerprint density at radius 2 is 2.20 bits per heavy atom. The fourth-order valence-corrected chi connectivity index (χ4v) is 2.67. The summed E-state index contributed by atoms with van der Waals surface area (Å²) >= 11 is 0. The van der Waals surface area contributed by atoms with Crippen molar-refractivity contribution in [2.24, 2.45) is 5.92 Å². The molecule has 0 aromatic heterocycles. The zero-order valence-electron chi connectivity index (χ0n) is 12.4. The van der Waals surface area contributed by atoms with Gasteiger partial charge in [0.1, 0.15) is 0 Å². The zero-order valence-corrected chi connectivity index (χ0v) is 13.2. The van der Waals surface area contributed by atoms with Crippen molar-refractivity contribution >= 4 is 18.3 Å². The predicted molar refractivity (Wildman–Crippen MR) is 85.5 cm³/mol. The van der Waals surface area contributed by atoms with Crippen LogP contribution < -0.4 is 10.6 Å². The van der Waals surface area contributed by atoms with E-state index in [1.165, 1.54) is 16.7 Å². The Morgan fingerprint density at radius 1 is 1.40 bits per heavy atom. The van der Waals surface area contributed by atoms with Crippen LogP contribution >= 0.6 is 12.4 Å². The molecule has 1 aromatic rings. The third-order valence-corrected chi connectivity index (χ3v) is 3.86. The van der Waals surface area contributed by atoms with E-state index in [2.05, 4.69) is 42.7 Å². The molecular formula is C16H25ClN2O. The summed E-state index contributed by atoms with van der Waals surface area (Å²) in [6.07, 6.45) is 3.04. The Balaban J connectivity index is 0.00000200. The highest BCUT2D eigenvalue weighted by atomic mass is 35.5. The summed E-state index contributed by atoms with van der Waals surface area (Å²) in [7, 11) is 0. The van der Waals surface area contributed by atoms with Crippen LogP contribution in [0.3, 0.4) is 0 Å². The van der Waals surface area contributed by atoms with Crippen LogP contribution in [0.25, 0.3) is 0 Å². The van der Waals surface area contributed by atoms with Crippen molar-refractivity contribution in [3.8, 4) is 0 Å². The monoisotopic (exact) mass is 296 g/mol. The number of halogens is 1. The first-order valence-corrected chi connectivity index (χ1v) is 7.21. The second-order valence-electron chi connectivity index (χ2n) is 5.51. The van der Waals surface area contributed by atoms with Gasteiger partial charge in [-0.2, -0.15) is 0 Å². The second kappa shape index (κ2) is 8.28. The third-order valence-electron chi connectivity index (χ3n) is 3.86. The van der Waals surface area contributed by atoms with Gasteiger partial charge < -0.3 is 10.6 Å². The molecule has 1 atom stereocenters. The Bertz CT molecular complexity index is 442. The van der Waals surface area contributed by atoms with Gasteiger partial charge in [-0.1, -0.05) is 23.8 Å². The Hall–Kier alpha value is -1.06. The molecule has 1 aliphatic heterocycles. The molecule has 0 spiro atoms. The van der Waals surface area contributed by atoms with Gasteiger partial charge in [-0.25, -0.2) is 0 Å². The fourth-order valence-electron chi connectivity index (χ4n) is 2.67. The number of piperidine rings is 1. The lowest BCUT2D eigenvalue weighted by Gasteiger charge is -2.22. The van der Waals surface area contributed by atoms with E-state index in [4.69, 9.17) is 0 Å². The summed E-state index contributed by atoms with van der Waals surface area (Å²) in [6.45, 7) is 6.85. The van der Waals surface area contributed by atoms with Crippen molar-refractivity contribution in [3.63, 3.8) is 0 Å². The van der Waals surface area contributed by atoms with Gasteiger partial charge in [0, 0.05) is 13.1 Å². The maximum atomic E-state index is 12.0. The maximum absolute atomic E-state index is 12.0. The van der Waals surface area contributed by atoms with E-state index in [0.29, 0.717) is 0 Å². The molecule has 4 heteroatoms. The van der Waals surface area contributed by atoms with Crippen LogP contribution in [0.15, 0.2) is 18.2 Å². The van der Waals surface area contributed by atoms with Gasteiger partial charge in [-0.15, -0.1) is 12.4 Å². The number of carbonyl (C=O) groups is 1. The predicted octanol–water partition coefficient (Wildman–Crippen LogP) is 2.38. The maximum Gasteiger partial charge on any atom is 0.224 e. The molecule has 3 nitrogen and oxygen atoms in total. The van der Waals surface area contributed by atoms with Crippen LogP contribution in [-0.2, 0) is 11.2 Å². The number of carbonyl (C=O) groups excluding carboxylic acids is 1. The third kappa shape index (κ3) is 4.80. The number of rotatable bonds is 4. The highest BCUT2D eigenvalue weighted by molar-refractivity contribution is 5.85. The molecular weight excluding hydrogens is 272 g/mol. The molecule has 2 N–H and O–H groups in total. The molecule has 1 heterocycles. The molecule has 1 amide bonds. The summed E-state index contributed by atoms with van der Waals surface area (Å²) in [5.74, 6) is 0.366. The first-order valence-electron chi connectivity index (χ1n) is 7.21. The van der Waals surface area contributed by atoms with Gasteiger partial charge in [0.25, 0.3) is 0 Å². The van der Waals surface area contributed by atoms with Crippen LogP contribution in [0.2, 0.25) is 0 Å². The Kier molecular flexibility index (Phi) is 7.03. The van der Waals surface area contributed by atoms with Crippen molar-refractivity contribution in [2.45, 2.75) is 33.1 Å². The van der Waals surface area contributed by atoms with Crippen LogP contribution in [0.4, 0.5) is 0 Å². The summed E-state index contributed by atoms with van der Waals surface area (Å²) < 4.78 is 0. The number of benzene rings is 1. The molecule has 112 valence electrons. The SMILES string of the molecule is Cc1ccc(CCNC(=O)C2CCCNC2)c(C)c1.Cl. The average Bonchev–Trinajstić information content (AvgIpc) is 2.42. The van der Waals surface area contributed by atoms with Gasteiger partial charge >= 0.3 is 0 Å². The van der Waals surface area contributed by atoms with E-state index in [1.54, 1.807) is 0 Å². The summed E-state index contributed by atoms with van der Waals surface area (Å²) in [6, 6.07) is 6.50. The molecule has 1 aromatic carbocycles. The molecule has 0 saturated carbocycles. The first kappa shape index (κ1) is 17.0. The molecule has 1 saturated heterocycles. The second-order valence-corrected chi connectivity index (χ2v) is 5.51. The largest absolute Gasteiger partial charge is 0.355 e. The van der Waals surface area contributed by atoms with Crippen LogP contribution in [0, 0.1) is 19.8 Å². The molecule has 0 bridgehead atoms. The van der Waals surface area contributed by atoms with Crippen molar-refractivity contribution in [2.75, 3.05) is 19.6 Å². The molecule has 1 unspecified atom stereocenters. The lowest BCUT2D eigenvalue weighted by molar-refractivity contribution is -0.125. The number of aryl methyl sites for hydroxylation is 2. The average molecular weight is 297 g/mol. The van der Waals surface area contributed by atoms with E-state index in [-0.39, 0.29) is 24.2 Å². The van der Waals surface area contributed by atoms with Gasteiger partial charge in [-0.05, 0) is 50.8 Å². The lowest BCUT2D eigenvalue weighted by Crippen LogP contribution is -2.41.